The normalized spacial score (nSPS) is 15.1. The fraction of sp³-hybridized carbons (Fsp3) is 0.316. The molecular weight excluding hydrogens is 332 g/mol. The summed E-state index contributed by atoms with van der Waals surface area (Å²) in [5, 5.41) is 7.78. The molecule has 1 N–H and O–H groups in total. The van der Waals surface area contributed by atoms with Gasteiger partial charge >= 0.3 is 0 Å². The highest BCUT2D eigenvalue weighted by molar-refractivity contribution is 7.99. The molecule has 1 aliphatic carbocycles. The van der Waals surface area contributed by atoms with Crippen LogP contribution in [0.2, 0.25) is 0 Å². The summed E-state index contributed by atoms with van der Waals surface area (Å²) in [6, 6.07) is 12.4. The van der Waals surface area contributed by atoms with Gasteiger partial charge < -0.3 is 4.74 Å². The number of rotatable bonds is 7. The number of nitrogens with one attached hydrogen (secondary N) is 1. The molecule has 2 heterocycles. The summed E-state index contributed by atoms with van der Waals surface area (Å²) in [6.45, 7) is 0. The average Bonchev–Trinajstić information content (AvgIpc) is 3.32. The molecule has 1 unspecified atom stereocenters. The number of H-pyrrole nitrogens is 1. The molecule has 1 aliphatic rings. The molecule has 1 atom stereocenters. The van der Waals surface area contributed by atoms with Crippen LogP contribution in [0.4, 0.5) is 0 Å². The number of methoxy groups -OCH3 is 1. The number of pyridine rings is 1. The van der Waals surface area contributed by atoms with E-state index in [0.29, 0.717) is 0 Å². The summed E-state index contributed by atoms with van der Waals surface area (Å²) in [4.78, 5) is 8.89. The predicted octanol–water partition coefficient (Wildman–Crippen LogP) is 4.04. The van der Waals surface area contributed by atoms with E-state index < -0.39 is 0 Å². The minimum Gasteiger partial charge on any atom is -0.497 e. The van der Waals surface area contributed by atoms with Gasteiger partial charge in [0.15, 0.2) is 5.16 Å². The van der Waals surface area contributed by atoms with Crippen LogP contribution in [0.25, 0.3) is 0 Å². The molecule has 0 spiro atoms. The van der Waals surface area contributed by atoms with Gasteiger partial charge in [-0.25, -0.2) is 4.98 Å². The lowest BCUT2D eigenvalue weighted by atomic mass is 9.97. The Morgan fingerprint density at radius 2 is 2.16 bits per heavy atom. The standard InChI is InChI=1S/C19H20N4OS/c1-24-15-7-8-16(14(11-15)10-13-5-6-13)18(17-4-2-3-9-20-17)25-19-21-12-22-23-19/h2-4,7-9,11-13,18H,5-6,10H2,1H3,(H,21,22,23). The second-order valence-electron chi connectivity index (χ2n) is 6.26. The Labute approximate surface area is 151 Å². The van der Waals surface area contributed by atoms with Crippen molar-refractivity contribution in [1.82, 2.24) is 20.2 Å². The molecule has 5 nitrogen and oxygen atoms in total. The maximum atomic E-state index is 5.45. The van der Waals surface area contributed by atoms with Crippen LogP contribution >= 0.6 is 11.8 Å². The summed E-state index contributed by atoms with van der Waals surface area (Å²) >= 11 is 1.64. The maximum Gasteiger partial charge on any atom is 0.184 e. The number of aromatic amines is 1. The number of benzene rings is 1. The molecule has 25 heavy (non-hydrogen) atoms. The molecule has 4 rings (SSSR count). The molecular formula is C19H20N4OS. The van der Waals surface area contributed by atoms with Gasteiger partial charge in [-0.15, -0.1) is 0 Å². The Balaban J connectivity index is 1.75. The molecule has 1 aromatic carbocycles. The molecule has 3 aromatic rings. The lowest BCUT2D eigenvalue weighted by molar-refractivity contribution is 0.414. The van der Waals surface area contributed by atoms with Gasteiger partial charge in [0.1, 0.15) is 12.1 Å². The molecule has 1 fully saturated rings. The third-order valence-electron chi connectivity index (χ3n) is 4.42. The van der Waals surface area contributed by atoms with Crippen LogP contribution in [-0.4, -0.2) is 27.3 Å². The number of hydrogen-bond acceptors (Lipinski definition) is 5. The fourth-order valence-corrected chi connectivity index (χ4v) is 4.01. The highest BCUT2D eigenvalue weighted by Gasteiger charge is 2.27. The number of thioether (sulfide) groups is 1. The van der Waals surface area contributed by atoms with E-state index in [1.54, 1.807) is 18.9 Å². The predicted molar refractivity (Wildman–Crippen MR) is 97.7 cm³/mol. The summed E-state index contributed by atoms with van der Waals surface area (Å²) < 4.78 is 5.45. The zero-order chi connectivity index (χ0) is 17.1. The van der Waals surface area contributed by atoms with Crippen molar-refractivity contribution in [3.8, 4) is 5.75 Å². The lowest BCUT2D eigenvalue weighted by Gasteiger charge is -2.20. The molecule has 6 heteroatoms. The van der Waals surface area contributed by atoms with Gasteiger partial charge in [0, 0.05) is 6.20 Å². The van der Waals surface area contributed by atoms with Crippen molar-refractivity contribution in [2.75, 3.05) is 7.11 Å². The van der Waals surface area contributed by atoms with E-state index >= 15 is 0 Å². The Morgan fingerprint density at radius 1 is 1.24 bits per heavy atom. The first-order chi connectivity index (χ1) is 12.3. The van der Waals surface area contributed by atoms with Crippen LogP contribution < -0.4 is 4.74 Å². The van der Waals surface area contributed by atoms with Crippen LogP contribution in [0.3, 0.4) is 0 Å². The zero-order valence-corrected chi connectivity index (χ0v) is 14.9. The van der Waals surface area contributed by atoms with E-state index in [1.807, 2.05) is 24.4 Å². The van der Waals surface area contributed by atoms with Crippen LogP contribution in [0.1, 0.15) is 34.9 Å². The maximum absolute atomic E-state index is 5.45. The van der Waals surface area contributed by atoms with Crippen molar-refractivity contribution in [2.24, 2.45) is 5.92 Å². The van der Waals surface area contributed by atoms with Crippen LogP contribution in [0, 0.1) is 5.92 Å². The minimum absolute atomic E-state index is 0.0637. The second kappa shape index (κ2) is 7.27. The first-order valence-corrected chi connectivity index (χ1v) is 9.31. The van der Waals surface area contributed by atoms with Gasteiger partial charge in [-0.1, -0.05) is 23.9 Å². The van der Waals surface area contributed by atoms with Crippen molar-refractivity contribution in [1.29, 1.82) is 0 Å². The fourth-order valence-electron chi connectivity index (χ4n) is 2.95. The smallest absolute Gasteiger partial charge is 0.184 e. The topological polar surface area (TPSA) is 63.7 Å². The molecule has 2 aromatic heterocycles. The Hall–Kier alpha value is -2.34. The van der Waals surface area contributed by atoms with Gasteiger partial charge in [-0.3, -0.25) is 10.1 Å². The van der Waals surface area contributed by atoms with Crippen LogP contribution in [0.15, 0.2) is 54.1 Å². The Morgan fingerprint density at radius 3 is 2.84 bits per heavy atom. The highest BCUT2D eigenvalue weighted by Crippen LogP contribution is 2.42. The van der Waals surface area contributed by atoms with E-state index in [-0.39, 0.29) is 5.25 Å². The minimum atomic E-state index is 0.0637. The molecule has 0 bridgehead atoms. The summed E-state index contributed by atoms with van der Waals surface area (Å²) in [5.74, 6) is 1.70. The van der Waals surface area contributed by atoms with E-state index in [0.717, 1.165) is 28.9 Å². The number of nitrogens with zero attached hydrogens (tertiary/aromatic N) is 3. The van der Waals surface area contributed by atoms with E-state index in [9.17, 15) is 0 Å². The molecule has 0 radical (unpaired) electrons. The SMILES string of the molecule is COc1ccc(C(Sc2ncn[nH]2)c2ccccn2)c(CC2CC2)c1. The van der Waals surface area contributed by atoms with Crippen molar-refractivity contribution in [3.05, 3.63) is 65.7 Å². The van der Waals surface area contributed by atoms with E-state index in [2.05, 4.69) is 38.4 Å². The summed E-state index contributed by atoms with van der Waals surface area (Å²) in [5.41, 5.74) is 3.63. The van der Waals surface area contributed by atoms with Gasteiger partial charge in [0.2, 0.25) is 0 Å². The van der Waals surface area contributed by atoms with E-state index in [1.165, 1.54) is 30.3 Å². The molecule has 0 amide bonds. The van der Waals surface area contributed by atoms with Crippen molar-refractivity contribution in [2.45, 2.75) is 29.7 Å². The van der Waals surface area contributed by atoms with E-state index in [4.69, 9.17) is 4.74 Å². The third kappa shape index (κ3) is 3.85. The second-order valence-corrected chi connectivity index (χ2v) is 7.35. The first kappa shape index (κ1) is 16.1. The van der Waals surface area contributed by atoms with Crippen molar-refractivity contribution in [3.63, 3.8) is 0 Å². The van der Waals surface area contributed by atoms with Gasteiger partial charge in [-0.2, -0.15) is 5.10 Å². The molecule has 0 aliphatic heterocycles. The zero-order valence-electron chi connectivity index (χ0n) is 14.1. The van der Waals surface area contributed by atoms with Crippen LogP contribution in [-0.2, 0) is 6.42 Å². The lowest BCUT2D eigenvalue weighted by Crippen LogP contribution is -2.05. The largest absolute Gasteiger partial charge is 0.497 e. The number of aromatic nitrogens is 4. The van der Waals surface area contributed by atoms with Gasteiger partial charge in [-0.05, 0) is 60.6 Å². The Bertz CT molecular complexity index is 819. The summed E-state index contributed by atoms with van der Waals surface area (Å²) in [6.07, 6.45) is 7.11. The van der Waals surface area contributed by atoms with Crippen molar-refractivity contribution >= 4 is 11.8 Å². The van der Waals surface area contributed by atoms with Crippen molar-refractivity contribution < 1.29 is 4.74 Å². The third-order valence-corrected chi connectivity index (χ3v) is 5.57. The molecule has 128 valence electrons. The first-order valence-electron chi connectivity index (χ1n) is 8.43. The average molecular weight is 352 g/mol. The van der Waals surface area contributed by atoms with Gasteiger partial charge in [0.05, 0.1) is 18.1 Å². The quantitative estimate of drug-likeness (QED) is 0.650. The number of hydrogen-bond donors (Lipinski definition) is 1. The molecule has 0 saturated heterocycles. The summed E-state index contributed by atoms with van der Waals surface area (Å²) in [7, 11) is 1.72. The van der Waals surface area contributed by atoms with Crippen LogP contribution in [0.5, 0.6) is 5.75 Å². The highest BCUT2D eigenvalue weighted by atomic mass is 32.2. The number of ether oxygens (including phenoxy) is 1. The Kier molecular flexibility index (Phi) is 4.70. The molecule has 1 saturated carbocycles. The monoisotopic (exact) mass is 352 g/mol. The van der Waals surface area contributed by atoms with Gasteiger partial charge in [0.25, 0.3) is 0 Å².